The Balaban J connectivity index is 2.01. The quantitative estimate of drug-likeness (QED) is 0.675. The third-order valence-corrected chi connectivity index (χ3v) is 3.21. The van der Waals surface area contributed by atoms with Crippen LogP contribution in [0.15, 0.2) is 36.4 Å². The van der Waals surface area contributed by atoms with E-state index in [1.165, 1.54) is 0 Å². The highest BCUT2D eigenvalue weighted by molar-refractivity contribution is 9.09. The number of hydrogen-bond acceptors (Lipinski definition) is 2. The van der Waals surface area contributed by atoms with Crippen LogP contribution in [0.25, 0.3) is 10.9 Å². The summed E-state index contributed by atoms with van der Waals surface area (Å²) >= 11 is 3.35. The van der Waals surface area contributed by atoms with Crippen LogP contribution in [-0.2, 0) is 4.79 Å². The molecule has 0 unspecified atom stereocenters. The molecule has 0 saturated heterocycles. The second-order valence-corrected chi connectivity index (χ2v) is 4.88. The van der Waals surface area contributed by atoms with Crippen molar-refractivity contribution in [3.05, 3.63) is 36.4 Å². The molecule has 0 aliphatic rings. The molecule has 2 rings (SSSR count). The highest BCUT2D eigenvalue weighted by atomic mass is 79.9. The van der Waals surface area contributed by atoms with Gasteiger partial charge in [-0.2, -0.15) is 0 Å². The predicted molar refractivity (Wildman–Crippen MR) is 78.0 cm³/mol. The van der Waals surface area contributed by atoms with E-state index >= 15 is 0 Å². The number of carbonyl (C=O) groups excluding carboxylic acids is 1. The van der Waals surface area contributed by atoms with Crippen LogP contribution in [0.2, 0.25) is 0 Å². The molecule has 0 aliphatic carbocycles. The summed E-state index contributed by atoms with van der Waals surface area (Å²) in [5.41, 5.74) is 0.899. The normalized spacial score (nSPS) is 10.5. The van der Waals surface area contributed by atoms with E-state index in [0.29, 0.717) is 12.2 Å². The Labute approximate surface area is 115 Å². The van der Waals surface area contributed by atoms with Crippen LogP contribution in [0.5, 0.6) is 0 Å². The molecule has 1 amide bonds. The standard InChI is InChI=1S/C14H15BrN2O/c15-10-4-3-7-14(18)17-13-9-8-11-5-1-2-6-12(11)16-13/h1-2,5-6,8-9H,3-4,7,10H2,(H,16,17,18). The number of para-hydroxylation sites is 1. The van der Waals surface area contributed by atoms with Crippen molar-refractivity contribution in [2.75, 3.05) is 10.6 Å². The number of rotatable bonds is 5. The molecule has 1 aromatic carbocycles. The van der Waals surface area contributed by atoms with Crippen LogP contribution in [-0.4, -0.2) is 16.2 Å². The number of hydrogen-bond donors (Lipinski definition) is 1. The Morgan fingerprint density at radius 2 is 2.00 bits per heavy atom. The zero-order chi connectivity index (χ0) is 12.8. The van der Waals surface area contributed by atoms with Crippen LogP contribution in [0.4, 0.5) is 5.82 Å². The number of anilines is 1. The number of halogens is 1. The van der Waals surface area contributed by atoms with Gasteiger partial charge in [0.15, 0.2) is 0 Å². The minimum absolute atomic E-state index is 0.0266. The summed E-state index contributed by atoms with van der Waals surface area (Å²) in [5, 5.41) is 4.85. The minimum Gasteiger partial charge on any atom is -0.311 e. The van der Waals surface area contributed by atoms with Crippen molar-refractivity contribution < 1.29 is 4.79 Å². The van der Waals surface area contributed by atoms with Crippen molar-refractivity contribution in [2.45, 2.75) is 19.3 Å². The van der Waals surface area contributed by atoms with Gasteiger partial charge in [0, 0.05) is 17.1 Å². The van der Waals surface area contributed by atoms with Gasteiger partial charge < -0.3 is 5.32 Å². The number of alkyl halides is 1. The van der Waals surface area contributed by atoms with Crippen molar-refractivity contribution in [3.8, 4) is 0 Å². The van der Waals surface area contributed by atoms with E-state index < -0.39 is 0 Å². The van der Waals surface area contributed by atoms with Crippen LogP contribution >= 0.6 is 15.9 Å². The average molecular weight is 307 g/mol. The van der Waals surface area contributed by atoms with Crippen LogP contribution in [0, 0.1) is 0 Å². The van der Waals surface area contributed by atoms with E-state index in [4.69, 9.17) is 0 Å². The third-order valence-electron chi connectivity index (χ3n) is 2.65. The summed E-state index contributed by atoms with van der Waals surface area (Å²) in [4.78, 5) is 16.1. The van der Waals surface area contributed by atoms with E-state index in [-0.39, 0.29) is 5.91 Å². The lowest BCUT2D eigenvalue weighted by atomic mass is 10.2. The third kappa shape index (κ3) is 3.53. The fourth-order valence-electron chi connectivity index (χ4n) is 1.72. The van der Waals surface area contributed by atoms with Gasteiger partial charge in [-0.3, -0.25) is 4.79 Å². The zero-order valence-corrected chi connectivity index (χ0v) is 11.6. The lowest BCUT2D eigenvalue weighted by molar-refractivity contribution is -0.116. The van der Waals surface area contributed by atoms with Crippen LogP contribution in [0.1, 0.15) is 19.3 Å². The molecule has 0 fully saturated rings. The number of carbonyl (C=O) groups is 1. The summed E-state index contributed by atoms with van der Waals surface area (Å²) in [5.74, 6) is 0.649. The molecular weight excluding hydrogens is 292 g/mol. The first-order chi connectivity index (χ1) is 8.79. The molecule has 0 spiro atoms. The SMILES string of the molecule is O=C(CCCCBr)Nc1ccc2ccccc2n1. The molecule has 1 aromatic heterocycles. The molecule has 2 aromatic rings. The van der Waals surface area contributed by atoms with Gasteiger partial charge in [0.05, 0.1) is 5.52 Å². The maximum Gasteiger partial charge on any atom is 0.225 e. The summed E-state index contributed by atoms with van der Waals surface area (Å²) < 4.78 is 0. The zero-order valence-electron chi connectivity index (χ0n) is 10.0. The fraction of sp³-hybridized carbons (Fsp3) is 0.286. The van der Waals surface area contributed by atoms with Gasteiger partial charge in [-0.1, -0.05) is 34.1 Å². The summed E-state index contributed by atoms with van der Waals surface area (Å²) in [7, 11) is 0. The molecule has 18 heavy (non-hydrogen) atoms. The summed E-state index contributed by atoms with van der Waals surface area (Å²) in [6.07, 6.45) is 2.45. The van der Waals surface area contributed by atoms with E-state index in [2.05, 4.69) is 26.2 Å². The molecule has 4 heteroatoms. The second kappa shape index (κ2) is 6.50. The van der Waals surface area contributed by atoms with E-state index in [0.717, 1.165) is 29.1 Å². The lowest BCUT2D eigenvalue weighted by Crippen LogP contribution is -2.12. The van der Waals surface area contributed by atoms with Gasteiger partial charge >= 0.3 is 0 Å². The van der Waals surface area contributed by atoms with Gasteiger partial charge in [0.1, 0.15) is 5.82 Å². The summed E-state index contributed by atoms with van der Waals surface area (Å²) in [6, 6.07) is 11.7. The van der Waals surface area contributed by atoms with Crippen LogP contribution in [0.3, 0.4) is 0 Å². The molecule has 0 atom stereocenters. The highest BCUT2D eigenvalue weighted by Crippen LogP contribution is 2.14. The predicted octanol–water partition coefficient (Wildman–Crippen LogP) is 3.74. The monoisotopic (exact) mass is 306 g/mol. The molecule has 0 radical (unpaired) electrons. The Hall–Kier alpha value is -1.42. The Morgan fingerprint density at radius 3 is 2.83 bits per heavy atom. The van der Waals surface area contributed by atoms with Gasteiger partial charge in [-0.05, 0) is 31.0 Å². The first-order valence-corrected chi connectivity index (χ1v) is 7.13. The smallest absolute Gasteiger partial charge is 0.225 e. The van der Waals surface area contributed by atoms with E-state index in [9.17, 15) is 4.79 Å². The number of fused-ring (bicyclic) bond motifs is 1. The molecule has 0 aliphatic heterocycles. The highest BCUT2D eigenvalue weighted by Gasteiger charge is 2.03. The number of aromatic nitrogens is 1. The Bertz CT molecular complexity index is 542. The second-order valence-electron chi connectivity index (χ2n) is 4.08. The number of nitrogens with zero attached hydrogens (tertiary/aromatic N) is 1. The van der Waals surface area contributed by atoms with Crippen molar-refractivity contribution in [1.82, 2.24) is 4.98 Å². The molecule has 3 nitrogen and oxygen atoms in total. The van der Waals surface area contributed by atoms with Crippen LogP contribution < -0.4 is 5.32 Å². The van der Waals surface area contributed by atoms with Crippen molar-refractivity contribution >= 4 is 38.6 Å². The van der Waals surface area contributed by atoms with Crippen molar-refractivity contribution in [2.24, 2.45) is 0 Å². The Kier molecular flexibility index (Phi) is 4.70. The number of unbranched alkanes of at least 4 members (excludes halogenated alkanes) is 1. The largest absolute Gasteiger partial charge is 0.311 e. The molecule has 1 N–H and O–H groups in total. The van der Waals surface area contributed by atoms with Crippen molar-refractivity contribution in [3.63, 3.8) is 0 Å². The fourth-order valence-corrected chi connectivity index (χ4v) is 2.12. The lowest BCUT2D eigenvalue weighted by Gasteiger charge is -2.05. The maximum atomic E-state index is 11.7. The number of benzene rings is 1. The summed E-state index contributed by atoms with van der Waals surface area (Å²) in [6.45, 7) is 0. The van der Waals surface area contributed by atoms with Gasteiger partial charge in [-0.15, -0.1) is 0 Å². The molecule has 0 saturated carbocycles. The molecular formula is C14H15BrN2O. The average Bonchev–Trinajstić information content (AvgIpc) is 2.39. The molecule has 1 heterocycles. The van der Waals surface area contributed by atoms with Gasteiger partial charge in [-0.25, -0.2) is 4.98 Å². The minimum atomic E-state index is 0.0266. The first-order valence-electron chi connectivity index (χ1n) is 6.01. The molecule has 0 bridgehead atoms. The molecule has 94 valence electrons. The number of nitrogens with one attached hydrogen (secondary N) is 1. The van der Waals surface area contributed by atoms with Gasteiger partial charge in [0.25, 0.3) is 0 Å². The van der Waals surface area contributed by atoms with E-state index in [1.807, 2.05) is 36.4 Å². The number of amides is 1. The number of pyridine rings is 1. The topological polar surface area (TPSA) is 42.0 Å². The first kappa shape index (κ1) is 13.0. The maximum absolute atomic E-state index is 11.7. The Morgan fingerprint density at radius 1 is 1.17 bits per heavy atom. The van der Waals surface area contributed by atoms with Gasteiger partial charge in [0.2, 0.25) is 5.91 Å². The van der Waals surface area contributed by atoms with E-state index in [1.54, 1.807) is 0 Å². The van der Waals surface area contributed by atoms with Crippen molar-refractivity contribution in [1.29, 1.82) is 0 Å².